The minimum atomic E-state index is -4.53. The zero-order chi connectivity index (χ0) is 15.0. The van der Waals surface area contributed by atoms with Gasteiger partial charge in [-0.1, -0.05) is 12.1 Å². The maximum Gasteiger partial charge on any atom is 0.443 e. The molecule has 7 heteroatoms. The van der Waals surface area contributed by atoms with Crippen molar-refractivity contribution in [1.82, 2.24) is 4.98 Å². The van der Waals surface area contributed by atoms with E-state index in [0.29, 0.717) is 16.9 Å². The van der Waals surface area contributed by atoms with Crippen molar-refractivity contribution in [3.8, 4) is 0 Å². The second kappa shape index (κ2) is 5.14. The number of halogens is 4. The fourth-order valence-corrected chi connectivity index (χ4v) is 2.61. The molecule has 2 aromatic rings. The third-order valence-corrected chi connectivity index (χ3v) is 4.01. The molecule has 1 aromatic heterocycles. The Labute approximate surface area is 116 Å². The van der Waals surface area contributed by atoms with Gasteiger partial charge in [0, 0.05) is 12.6 Å². The van der Waals surface area contributed by atoms with Gasteiger partial charge in [-0.25, -0.2) is 9.37 Å². The van der Waals surface area contributed by atoms with Crippen LogP contribution in [0.4, 0.5) is 17.6 Å². The summed E-state index contributed by atoms with van der Waals surface area (Å²) in [5.41, 5.74) is -1.04. The highest BCUT2D eigenvalue weighted by atomic mass is 32.1. The molecule has 0 aliphatic rings. The average Bonchev–Trinajstić information content (AvgIpc) is 2.77. The van der Waals surface area contributed by atoms with Crippen LogP contribution in [0.2, 0.25) is 0 Å². The molecular formula is C13H11F4NOS. The second-order valence-corrected chi connectivity index (χ2v) is 5.64. The van der Waals surface area contributed by atoms with Gasteiger partial charge in [0.25, 0.3) is 0 Å². The lowest BCUT2D eigenvalue weighted by Crippen LogP contribution is -2.23. The first-order chi connectivity index (χ1) is 9.18. The maximum atomic E-state index is 13.1. The molecule has 0 bridgehead atoms. The third kappa shape index (κ3) is 3.34. The molecule has 1 unspecified atom stereocenters. The zero-order valence-electron chi connectivity index (χ0n) is 10.4. The third-order valence-electron chi connectivity index (χ3n) is 2.72. The minimum Gasteiger partial charge on any atom is -0.384 e. The summed E-state index contributed by atoms with van der Waals surface area (Å²) in [6.07, 6.45) is -3.52. The summed E-state index contributed by atoms with van der Waals surface area (Å²) in [6.45, 7) is 1.38. The summed E-state index contributed by atoms with van der Waals surface area (Å²) in [7, 11) is 0. The summed E-state index contributed by atoms with van der Waals surface area (Å²) < 4.78 is 50.5. The molecular weight excluding hydrogens is 294 g/mol. The summed E-state index contributed by atoms with van der Waals surface area (Å²) in [5.74, 6) is -0.460. The highest BCUT2D eigenvalue weighted by Crippen LogP contribution is 2.37. The highest BCUT2D eigenvalue weighted by molar-refractivity contribution is 7.11. The van der Waals surface area contributed by atoms with Crippen LogP contribution in [0.5, 0.6) is 0 Å². The highest BCUT2D eigenvalue weighted by Gasteiger charge is 2.37. The Morgan fingerprint density at radius 3 is 2.55 bits per heavy atom. The van der Waals surface area contributed by atoms with Crippen LogP contribution in [0.3, 0.4) is 0 Å². The van der Waals surface area contributed by atoms with Crippen molar-refractivity contribution in [1.29, 1.82) is 0 Å². The van der Waals surface area contributed by atoms with Gasteiger partial charge < -0.3 is 5.11 Å². The molecule has 2 nitrogen and oxygen atoms in total. The molecule has 20 heavy (non-hydrogen) atoms. The molecule has 108 valence electrons. The zero-order valence-corrected chi connectivity index (χ0v) is 11.2. The lowest BCUT2D eigenvalue weighted by molar-refractivity contribution is -0.137. The number of hydrogen-bond acceptors (Lipinski definition) is 3. The number of benzene rings is 1. The Hall–Kier alpha value is -1.47. The minimum absolute atomic E-state index is 0.00422. The van der Waals surface area contributed by atoms with Crippen LogP contribution >= 0.6 is 11.3 Å². The van der Waals surface area contributed by atoms with Gasteiger partial charge in [-0.15, -0.1) is 11.3 Å². The summed E-state index contributed by atoms with van der Waals surface area (Å²) >= 11 is 0.390. The van der Waals surface area contributed by atoms with Gasteiger partial charge in [-0.3, -0.25) is 0 Å². The van der Waals surface area contributed by atoms with Gasteiger partial charge in [-0.05, 0) is 24.6 Å². The monoisotopic (exact) mass is 305 g/mol. The number of hydrogen-bond donors (Lipinski definition) is 1. The van der Waals surface area contributed by atoms with Crippen molar-refractivity contribution >= 4 is 11.3 Å². The fraction of sp³-hybridized carbons (Fsp3) is 0.308. The lowest BCUT2D eigenvalue weighted by Gasteiger charge is -2.21. The van der Waals surface area contributed by atoms with E-state index in [1.54, 1.807) is 6.07 Å². The van der Waals surface area contributed by atoms with Crippen molar-refractivity contribution in [3.05, 3.63) is 51.7 Å². The SMILES string of the molecule is CC(O)(Cc1cccc(F)c1)c1cnc(C(F)(F)F)s1. The van der Waals surface area contributed by atoms with Crippen LogP contribution in [-0.4, -0.2) is 10.1 Å². The first-order valence-corrected chi connectivity index (χ1v) is 6.50. The summed E-state index contributed by atoms with van der Waals surface area (Å²) in [4.78, 5) is 3.36. The van der Waals surface area contributed by atoms with Gasteiger partial charge >= 0.3 is 6.18 Å². The molecule has 0 spiro atoms. The largest absolute Gasteiger partial charge is 0.443 e. The Morgan fingerprint density at radius 2 is 2.00 bits per heavy atom. The van der Waals surface area contributed by atoms with E-state index in [1.165, 1.54) is 25.1 Å². The molecule has 1 N–H and O–H groups in total. The predicted molar refractivity (Wildman–Crippen MR) is 66.8 cm³/mol. The van der Waals surface area contributed by atoms with Crippen molar-refractivity contribution in [2.24, 2.45) is 0 Å². The van der Waals surface area contributed by atoms with Crippen molar-refractivity contribution < 1.29 is 22.7 Å². The quantitative estimate of drug-likeness (QED) is 0.876. The molecule has 1 heterocycles. The molecule has 2 rings (SSSR count). The maximum absolute atomic E-state index is 13.1. The Morgan fingerprint density at radius 1 is 1.30 bits per heavy atom. The second-order valence-electron chi connectivity index (χ2n) is 4.61. The van der Waals surface area contributed by atoms with Gasteiger partial charge in [0.15, 0.2) is 5.01 Å². The van der Waals surface area contributed by atoms with E-state index >= 15 is 0 Å². The molecule has 1 aromatic carbocycles. The molecule has 0 radical (unpaired) electrons. The Balaban J connectivity index is 2.24. The van der Waals surface area contributed by atoms with Crippen molar-refractivity contribution in [2.75, 3.05) is 0 Å². The van der Waals surface area contributed by atoms with E-state index in [2.05, 4.69) is 4.98 Å². The first-order valence-electron chi connectivity index (χ1n) is 5.69. The van der Waals surface area contributed by atoms with Crippen LogP contribution in [0.15, 0.2) is 30.5 Å². The molecule has 0 saturated heterocycles. The number of alkyl halides is 3. The van der Waals surface area contributed by atoms with Crippen LogP contribution in [0.25, 0.3) is 0 Å². The Kier molecular flexibility index (Phi) is 3.84. The molecule has 0 amide bonds. The van der Waals surface area contributed by atoms with Crippen LogP contribution in [0.1, 0.15) is 22.4 Å². The van der Waals surface area contributed by atoms with Gasteiger partial charge in [0.2, 0.25) is 0 Å². The molecule has 0 saturated carbocycles. The number of aliphatic hydroxyl groups is 1. The average molecular weight is 305 g/mol. The standard InChI is InChI=1S/C13H11F4NOS/c1-12(19,6-8-3-2-4-9(14)5-8)10-7-18-11(20-10)13(15,16)17/h2-5,7,19H,6H2,1H3. The molecule has 0 fully saturated rings. The fourth-order valence-electron chi connectivity index (χ4n) is 1.79. The predicted octanol–water partition coefficient (Wildman–Crippen LogP) is 3.75. The van der Waals surface area contributed by atoms with Crippen molar-refractivity contribution in [2.45, 2.75) is 25.1 Å². The van der Waals surface area contributed by atoms with E-state index in [0.717, 1.165) is 6.20 Å². The Bertz CT molecular complexity index is 606. The van der Waals surface area contributed by atoms with Gasteiger partial charge in [0.05, 0.1) is 4.88 Å². The molecule has 1 atom stereocenters. The number of nitrogens with zero attached hydrogens (tertiary/aromatic N) is 1. The van der Waals surface area contributed by atoms with E-state index in [-0.39, 0.29) is 11.3 Å². The number of aromatic nitrogens is 1. The van der Waals surface area contributed by atoms with E-state index in [1.807, 2.05) is 0 Å². The normalized spacial score (nSPS) is 15.1. The smallest absolute Gasteiger partial charge is 0.384 e. The van der Waals surface area contributed by atoms with E-state index in [4.69, 9.17) is 0 Å². The number of thiazole rings is 1. The van der Waals surface area contributed by atoms with Crippen molar-refractivity contribution in [3.63, 3.8) is 0 Å². The number of rotatable bonds is 3. The molecule has 0 aliphatic carbocycles. The van der Waals surface area contributed by atoms with Gasteiger partial charge in [0.1, 0.15) is 11.4 Å². The topological polar surface area (TPSA) is 33.1 Å². The van der Waals surface area contributed by atoms with Crippen LogP contribution in [0, 0.1) is 5.82 Å². The molecule has 0 aliphatic heterocycles. The summed E-state index contributed by atoms with van der Waals surface area (Å²) in [6, 6.07) is 5.57. The van der Waals surface area contributed by atoms with Crippen LogP contribution in [-0.2, 0) is 18.2 Å². The first kappa shape index (κ1) is 14.9. The van der Waals surface area contributed by atoms with E-state index in [9.17, 15) is 22.7 Å². The summed E-state index contributed by atoms with van der Waals surface area (Å²) in [5, 5.41) is 9.28. The van der Waals surface area contributed by atoms with E-state index < -0.39 is 22.6 Å². The van der Waals surface area contributed by atoms with Crippen LogP contribution < -0.4 is 0 Å². The lowest BCUT2D eigenvalue weighted by atomic mass is 9.95. The van der Waals surface area contributed by atoms with Gasteiger partial charge in [-0.2, -0.15) is 13.2 Å².